The summed E-state index contributed by atoms with van der Waals surface area (Å²) in [6.45, 7) is 3.59. The van der Waals surface area contributed by atoms with Crippen molar-refractivity contribution in [2.24, 2.45) is 5.92 Å². The zero-order valence-corrected chi connectivity index (χ0v) is 14.4. The van der Waals surface area contributed by atoms with E-state index in [0.717, 1.165) is 18.4 Å². The van der Waals surface area contributed by atoms with Gasteiger partial charge in [0.1, 0.15) is 0 Å². The first-order chi connectivity index (χ1) is 11.0. The number of amides is 2. The predicted molar refractivity (Wildman–Crippen MR) is 91.2 cm³/mol. The van der Waals surface area contributed by atoms with Crippen LogP contribution in [-0.4, -0.2) is 43.4 Å². The second kappa shape index (κ2) is 8.31. The van der Waals surface area contributed by atoms with Crippen molar-refractivity contribution in [2.45, 2.75) is 25.8 Å². The lowest BCUT2D eigenvalue weighted by atomic mass is 9.96. The highest BCUT2D eigenvalue weighted by molar-refractivity contribution is 6.30. The van der Waals surface area contributed by atoms with Crippen molar-refractivity contribution >= 4 is 23.4 Å². The zero-order chi connectivity index (χ0) is 16.8. The van der Waals surface area contributed by atoms with E-state index in [-0.39, 0.29) is 23.8 Å². The van der Waals surface area contributed by atoms with Crippen LogP contribution in [0.5, 0.6) is 0 Å². The smallest absolute Gasteiger partial charge is 0.236 e. The number of benzene rings is 1. The van der Waals surface area contributed by atoms with E-state index in [4.69, 9.17) is 11.6 Å². The van der Waals surface area contributed by atoms with E-state index in [9.17, 15) is 9.59 Å². The SMILES string of the molecule is CNC(=O)C1CCN(C(=O)CN[C@H](C)c2cccc(Cl)c2)CC1. The Labute approximate surface area is 142 Å². The van der Waals surface area contributed by atoms with E-state index in [1.165, 1.54) is 0 Å². The number of nitrogens with zero attached hydrogens (tertiary/aromatic N) is 1. The van der Waals surface area contributed by atoms with Crippen LogP contribution in [0.2, 0.25) is 5.02 Å². The third kappa shape index (κ3) is 4.94. The summed E-state index contributed by atoms with van der Waals surface area (Å²) < 4.78 is 0. The number of likely N-dealkylation sites (tertiary alicyclic amines) is 1. The molecule has 5 nitrogen and oxygen atoms in total. The van der Waals surface area contributed by atoms with Crippen molar-refractivity contribution in [1.82, 2.24) is 15.5 Å². The summed E-state index contributed by atoms with van der Waals surface area (Å²) in [5.74, 6) is 0.182. The van der Waals surface area contributed by atoms with Crippen LogP contribution in [-0.2, 0) is 9.59 Å². The van der Waals surface area contributed by atoms with E-state index in [2.05, 4.69) is 10.6 Å². The molecule has 1 fully saturated rings. The molecule has 0 aliphatic carbocycles. The minimum absolute atomic E-state index is 0.0300. The summed E-state index contributed by atoms with van der Waals surface area (Å²) in [5, 5.41) is 6.61. The molecule has 0 radical (unpaired) electrons. The Balaban J connectivity index is 1.78. The Morgan fingerprint density at radius 2 is 2.04 bits per heavy atom. The number of piperidine rings is 1. The molecule has 1 aliphatic heterocycles. The molecule has 1 atom stereocenters. The molecule has 2 amide bonds. The largest absolute Gasteiger partial charge is 0.359 e. The van der Waals surface area contributed by atoms with Crippen LogP contribution >= 0.6 is 11.6 Å². The van der Waals surface area contributed by atoms with Gasteiger partial charge in [0.2, 0.25) is 11.8 Å². The lowest BCUT2D eigenvalue weighted by Gasteiger charge is -2.31. The topological polar surface area (TPSA) is 61.4 Å². The van der Waals surface area contributed by atoms with Gasteiger partial charge in [0.15, 0.2) is 0 Å². The number of rotatable bonds is 5. The highest BCUT2D eigenvalue weighted by Crippen LogP contribution is 2.19. The fourth-order valence-corrected chi connectivity index (χ4v) is 3.04. The van der Waals surface area contributed by atoms with Gasteiger partial charge in [-0.3, -0.25) is 9.59 Å². The van der Waals surface area contributed by atoms with E-state index < -0.39 is 0 Å². The Hall–Kier alpha value is -1.59. The predicted octanol–water partition coefficient (Wildman–Crippen LogP) is 1.98. The zero-order valence-electron chi connectivity index (χ0n) is 13.6. The molecule has 126 valence electrons. The minimum Gasteiger partial charge on any atom is -0.359 e. The molecule has 1 saturated heterocycles. The second-order valence-electron chi connectivity index (χ2n) is 5.93. The molecule has 1 aliphatic rings. The van der Waals surface area contributed by atoms with Gasteiger partial charge in [0.05, 0.1) is 6.54 Å². The summed E-state index contributed by atoms with van der Waals surface area (Å²) in [7, 11) is 1.65. The fraction of sp³-hybridized carbons (Fsp3) is 0.529. The normalized spacial score (nSPS) is 16.9. The molecular weight excluding hydrogens is 314 g/mol. The lowest BCUT2D eigenvalue weighted by Crippen LogP contribution is -2.45. The Morgan fingerprint density at radius 3 is 2.65 bits per heavy atom. The van der Waals surface area contributed by atoms with Crippen molar-refractivity contribution in [2.75, 3.05) is 26.7 Å². The molecule has 1 aromatic carbocycles. The standard InChI is InChI=1S/C17H24ClN3O2/c1-12(14-4-3-5-15(18)10-14)20-11-16(22)21-8-6-13(7-9-21)17(23)19-2/h3-5,10,12-13,20H,6-9,11H2,1-2H3,(H,19,23)/t12-/m1/s1. The molecule has 0 spiro atoms. The molecule has 0 aromatic heterocycles. The van der Waals surface area contributed by atoms with E-state index >= 15 is 0 Å². The lowest BCUT2D eigenvalue weighted by molar-refractivity contribution is -0.134. The Bertz CT molecular complexity index is 557. The van der Waals surface area contributed by atoms with Crippen molar-refractivity contribution in [3.63, 3.8) is 0 Å². The molecule has 0 saturated carbocycles. The number of halogens is 1. The molecule has 6 heteroatoms. The van der Waals surface area contributed by atoms with Crippen LogP contribution in [0.25, 0.3) is 0 Å². The third-order valence-electron chi connectivity index (χ3n) is 4.37. The minimum atomic E-state index is 0.0300. The molecule has 0 bridgehead atoms. The first kappa shape index (κ1) is 17.8. The summed E-state index contributed by atoms with van der Waals surface area (Å²) in [4.78, 5) is 25.7. The number of hydrogen-bond acceptors (Lipinski definition) is 3. The quantitative estimate of drug-likeness (QED) is 0.863. The highest BCUT2D eigenvalue weighted by atomic mass is 35.5. The van der Waals surface area contributed by atoms with Crippen molar-refractivity contribution in [1.29, 1.82) is 0 Å². The summed E-state index contributed by atoms with van der Waals surface area (Å²) >= 11 is 5.99. The van der Waals surface area contributed by atoms with Crippen LogP contribution in [0.3, 0.4) is 0 Å². The Kier molecular flexibility index (Phi) is 6.42. The van der Waals surface area contributed by atoms with Gasteiger partial charge >= 0.3 is 0 Å². The van der Waals surface area contributed by atoms with Crippen LogP contribution in [0.15, 0.2) is 24.3 Å². The van der Waals surface area contributed by atoms with Gasteiger partial charge in [0, 0.05) is 37.1 Å². The summed E-state index contributed by atoms with van der Waals surface area (Å²) in [5.41, 5.74) is 1.06. The summed E-state index contributed by atoms with van der Waals surface area (Å²) in [6, 6.07) is 7.68. The van der Waals surface area contributed by atoms with Crippen LogP contribution < -0.4 is 10.6 Å². The maximum absolute atomic E-state index is 12.3. The summed E-state index contributed by atoms with van der Waals surface area (Å²) in [6.07, 6.45) is 1.46. The molecule has 2 rings (SSSR count). The maximum Gasteiger partial charge on any atom is 0.236 e. The molecule has 23 heavy (non-hydrogen) atoms. The van der Waals surface area contributed by atoms with Crippen molar-refractivity contribution in [3.05, 3.63) is 34.9 Å². The molecule has 1 aromatic rings. The number of carbonyl (C=O) groups excluding carboxylic acids is 2. The fourth-order valence-electron chi connectivity index (χ4n) is 2.84. The molecule has 1 heterocycles. The maximum atomic E-state index is 12.3. The number of carbonyl (C=O) groups is 2. The number of hydrogen-bond donors (Lipinski definition) is 2. The van der Waals surface area contributed by atoms with E-state index in [1.54, 1.807) is 7.05 Å². The molecule has 0 unspecified atom stereocenters. The Morgan fingerprint density at radius 1 is 1.35 bits per heavy atom. The van der Waals surface area contributed by atoms with Crippen molar-refractivity contribution in [3.8, 4) is 0 Å². The van der Waals surface area contributed by atoms with Crippen LogP contribution in [0.1, 0.15) is 31.4 Å². The first-order valence-corrected chi connectivity index (χ1v) is 8.37. The number of nitrogens with one attached hydrogen (secondary N) is 2. The van der Waals surface area contributed by atoms with E-state index in [0.29, 0.717) is 24.7 Å². The monoisotopic (exact) mass is 337 g/mol. The van der Waals surface area contributed by atoms with Gasteiger partial charge in [-0.2, -0.15) is 0 Å². The van der Waals surface area contributed by atoms with Gasteiger partial charge in [-0.25, -0.2) is 0 Å². The molecule has 2 N–H and O–H groups in total. The van der Waals surface area contributed by atoms with Crippen LogP contribution in [0.4, 0.5) is 0 Å². The van der Waals surface area contributed by atoms with Gasteiger partial charge in [-0.15, -0.1) is 0 Å². The average molecular weight is 338 g/mol. The van der Waals surface area contributed by atoms with Crippen molar-refractivity contribution < 1.29 is 9.59 Å². The first-order valence-electron chi connectivity index (χ1n) is 7.99. The van der Waals surface area contributed by atoms with Crippen LogP contribution in [0, 0.1) is 5.92 Å². The second-order valence-corrected chi connectivity index (χ2v) is 6.36. The molecular formula is C17H24ClN3O2. The van der Waals surface area contributed by atoms with Gasteiger partial charge in [-0.05, 0) is 37.5 Å². The third-order valence-corrected chi connectivity index (χ3v) is 4.61. The van der Waals surface area contributed by atoms with E-state index in [1.807, 2.05) is 36.1 Å². The van der Waals surface area contributed by atoms with Gasteiger partial charge < -0.3 is 15.5 Å². The average Bonchev–Trinajstić information content (AvgIpc) is 2.58. The van der Waals surface area contributed by atoms with Gasteiger partial charge in [0.25, 0.3) is 0 Å². The van der Waals surface area contributed by atoms with Gasteiger partial charge in [-0.1, -0.05) is 23.7 Å². The highest BCUT2D eigenvalue weighted by Gasteiger charge is 2.26.